The number of allylic oxidation sites excluding steroid dienone is 2. The molecule has 13 heteroatoms. The zero-order valence-electron chi connectivity index (χ0n) is 17.4. The maximum atomic E-state index is 13.4. The van der Waals surface area contributed by atoms with Crippen LogP contribution in [0.15, 0.2) is 78.9 Å². The normalized spacial score (nSPS) is 12.1. The van der Waals surface area contributed by atoms with Crippen LogP contribution in [-0.4, -0.2) is 34.1 Å². The first-order valence-electron chi connectivity index (χ1n) is 9.59. The van der Waals surface area contributed by atoms with E-state index in [1.807, 2.05) is 0 Å². The number of ether oxygens (including phenoxy) is 1. The summed E-state index contributed by atoms with van der Waals surface area (Å²) in [7, 11) is 0. The number of hydrogen-bond acceptors (Lipinski definition) is 6. The fourth-order valence-corrected chi connectivity index (χ4v) is 2.63. The smallest absolute Gasteiger partial charge is 0.406 e. The Morgan fingerprint density at radius 1 is 0.914 bits per heavy atom. The molecule has 182 valence electrons. The number of anilines is 2. The van der Waals surface area contributed by atoms with E-state index >= 15 is 0 Å². The van der Waals surface area contributed by atoms with E-state index in [2.05, 4.69) is 25.3 Å². The van der Waals surface area contributed by atoms with Crippen LogP contribution in [0.3, 0.4) is 0 Å². The van der Waals surface area contributed by atoms with E-state index in [9.17, 15) is 31.1 Å². The average molecular weight is 495 g/mol. The molecule has 7 nitrogen and oxygen atoms in total. The minimum absolute atomic E-state index is 0.0120. The number of carbonyl (C=O) groups excluding carboxylic acids is 1. The number of alkyl halides is 6. The Morgan fingerprint density at radius 2 is 1.63 bits per heavy atom. The fraction of sp³-hybridized carbons (Fsp3) is 0.0909. The molecule has 0 bridgehead atoms. The van der Waals surface area contributed by atoms with Gasteiger partial charge in [0.1, 0.15) is 17.3 Å². The van der Waals surface area contributed by atoms with Crippen molar-refractivity contribution in [1.29, 1.82) is 5.41 Å². The molecule has 0 radical (unpaired) electrons. The van der Waals surface area contributed by atoms with Crippen LogP contribution >= 0.6 is 0 Å². The Bertz CT molecular complexity index is 1210. The second-order valence-electron chi connectivity index (χ2n) is 6.79. The number of hydrogen-bond donors (Lipinski definition) is 3. The number of amides is 1. The summed E-state index contributed by atoms with van der Waals surface area (Å²) in [6.45, 7) is 0. The van der Waals surface area contributed by atoms with E-state index in [0.29, 0.717) is 6.08 Å². The molecular formula is C22H15F6N5O2. The first kappa shape index (κ1) is 25.2. The van der Waals surface area contributed by atoms with Crippen LogP contribution in [0.2, 0.25) is 0 Å². The number of aromatic nitrogens is 2. The van der Waals surface area contributed by atoms with Crippen molar-refractivity contribution in [3.63, 3.8) is 0 Å². The van der Waals surface area contributed by atoms with Gasteiger partial charge in [0.2, 0.25) is 0 Å². The summed E-state index contributed by atoms with van der Waals surface area (Å²) in [6.07, 6.45) is -5.33. The molecule has 1 amide bonds. The van der Waals surface area contributed by atoms with Gasteiger partial charge in [-0.2, -0.15) is 13.2 Å². The lowest BCUT2D eigenvalue weighted by Crippen LogP contribution is -2.21. The lowest BCUT2D eigenvalue weighted by Gasteiger charge is -2.14. The molecule has 3 rings (SSSR count). The zero-order chi connectivity index (χ0) is 25.6. The van der Waals surface area contributed by atoms with Gasteiger partial charge in [-0.05, 0) is 54.6 Å². The van der Waals surface area contributed by atoms with E-state index in [1.165, 1.54) is 36.7 Å². The van der Waals surface area contributed by atoms with E-state index in [0.717, 1.165) is 30.5 Å². The van der Waals surface area contributed by atoms with Crippen LogP contribution in [0.4, 0.5) is 37.8 Å². The highest BCUT2D eigenvalue weighted by molar-refractivity contribution is 6.07. The topological polar surface area (TPSA) is 100.0 Å². The number of rotatable bonds is 7. The molecular weight excluding hydrogens is 480 g/mol. The molecule has 0 saturated heterocycles. The summed E-state index contributed by atoms with van der Waals surface area (Å²) in [5.41, 5.74) is -1.35. The predicted octanol–water partition coefficient (Wildman–Crippen LogP) is 5.55. The molecule has 0 aliphatic heterocycles. The Balaban J connectivity index is 1.67. The fourth-order valence-electron chi connectivity index (χ4n) is 2.63. The van der Waals surface area contributed by atoms with Crippen molar-refractivity contribution in [1.82, 2.24) is 9.97 Å². The van der Waals surface area contributed by atoms with E-state index in [4.69, 9.17) is 5.41 Å². The van der Waals surface area contributed by atoms with E-state index in [1.54, 1.807) is 0 Å². The van der Waals surface area contributed by atoms with Gasteiger partial charge in [-0.15, -0.1) is 13.2 Å². The summed E-state index contributed by atoms with van der Waals surface area (Å²) in [4.78, 5) is 19.8. The molecule has 0 unspecified atom stereocenters. The third-order valence-electron chi connectivity index (χ3n) is 4.20. The molecule has 0 aliphatic rings. The molecule has 0 atom stereocenters. The van der Waals surface area contributed by atoms with Crippen molar-refractivity contribution < 1.29 is 35.9 Å². The third kappa shape index (κ3) is 7.55. The molecule has 3 N–H and O–H groups in total. The van der Waals surface area contributed by atoms with Crippen molar-refractivity contribution in [3.05, 3.63) is 90.0 Å². The highest BCUT2D eigenvalue weighted by Crippen LogP contribution is 2.27. The lowest BCUT2D eigenvalue weighted by molar-refractivity contribution is -0.274. The first-order chi connectivity index (χ1) is 16.4. The van der Waals surface area contributed by atoms with Crippen LogP contribution in [0.25, 0.3) is 0 Å². The summed E-state index contributed by atoms with van der Waals surface area (Å²) in [5, 5.41) is 12.4. The van der Waals surface area contributed by atoms with Crippen LogP contribution < -0.4 is 15.4 Å². The van der Waals surface area contributed by atoms with Crippen LogP contribution in [0.5, 0.6) is 5.75 Å². The van der Waals surface area contributed by atoms with Gasteiger partial charge < -0.3 is 20.8 Å². The molecule has 1 aromatic carbocycles. The van der Waals surface area contributed by atoms with Gasteiger partial charge >= 0.3 is 12.5 Å². The summed E-state index contributed by atoms with van der Waals surface area (Å²) < 4.78 is 80.7. The molecule has 0 saturated carbocycles. The van der Waals surface area contributed by atoms with Gasteiger partial charge in [0.25, 0.3) is 5.91 Å². The second-order valence-corrected chi connectivity index (χ2v) is 6.79. The molecule has 0 fully saturated rings. The number of halogens is 6. The SMILES string of the molecule is N=C(/C=C(\Nc1ccc(NC(=O)c2ccc(OC(F)(F)F)cc2)cn1)C(F)(F)F)c1cccnc1. The third-order valence-corrected chi connectivity index (χ3v) is 4.20. The quantitative estimate of drug-likeness (QED) is 0.295. The van der Waals surface area contributed by atoms with Crippen LogP contribution in [0, 0.1) is 5.41 Å². The Hall–Kier alpha value is -4.42. The Labute approximate surface area is 194 Å². The Kier molecular flexibility index (Phi) is 7.37. The van der Waals surface area contributed by atoms with Crippen molar-refractivity contribution >= 4 is 23.1 Å². The molecule has 2 aromatic heterocycles. The highest BCUT2D eigenvalue weighted by Gasteiger charge is 2.34. The van der Waals surface area contributed by atoms with Gasteiger partial charge in [-0.25, -0.2) is 4.98 Å². The number of nitrogens with zero attached hydrogens (tertiary/aromatic N) is 2. The minimum Gasteiger partial charge on any atom is -0.406 e. The molecule has 0 spiro atoms. The van der Waals surface area contributed by atoms with Crippen LogP contribution in [0.1, 0.15) is 15.9 Å². The van der Waals surface area contributed by atoms with Gasteiger partial charge in [0, 0.05) is 23.5 Å². The summed E-state index contributed by atoms with van der Waals surface area (Å²) >= 11 is 0. The summed E-state index contributed by atoms with van der Waals surface area (Å²) in [5.74, 6) is -1.40. The van der Waals surface area contributed by atoms with E-state index < -0.39 is 35.6 Å². The van der Waals surface area contributed by atoms with E-state index in [-0.39, 0.29) is 22.6 Å². The molecule has 2 heterocycles. The average Bonchev–Trinajstić information content (AvgIpc) is 2.79. The lowest BCUT2D eigenvalue weighted by atomic mass is 10.1. The number of pyridine rings is 2. The standard InChI is InChI=1S/C22H15F6N5O2/c23-21(24,25)18(10-17(29)14-2-1-9-30-11-14)33-19-8-5-15(12-31-19)32-20(34)13-3-6-16(7-4-13)35-22(26,27)28/h1-12,29H,(H,31,33)(H,32,34)/b18-10-,29-17?. The molecule has 3 aromatic rings. The van der Waals surface area contributed by atoms with Crippen LogP contribution in [-0.2, 0) is 0 Å². The van der Waals surface area contributed by atoms with Gasteiger partial charge in [-0.3, -0.25) is 9.78 Å². The van der Waals surface area contributed by atoms with Crippen molar-refractivity contribution in [2.75, 3.05) is 10.6 Å². The number of benzene rings is 1. The summed E-state index contributed by atoms with van der Waals surface area (Å²) in [6, 6.07) is 9.50. The molecule has 0 aliphatic carbocycles. The monoisotopic (exact) mass is 495 g/mol. The van der Waals surface area contributed by atoms with Crippen molar-refractivity contribution in [3.8, 4) is 5.75 Å². The van der Waals surface area contributed by atoms with Crippen molar-refractivity contribution in [2.24, 2.45) is 0 Å². The van der Waals surface area contributed by atoms with Gasteiger partial charge in [0.15, 0.2) is 0 Å². The highest BCUT2D eigenvalue weighted by atomic mass is 19.4. The first-order valence-corrected chi connectivity index (χ1v) is 9.59. The number of carbonyl (C=O) groups is 1. The molecule has 35 heavy (non-hydrogen) atoms. The van der Waals surface area contributed by atoms with Crippen molar-refractivity contribution in [2.45, 2.75) is 12.5 Å². The zero-order valence-corrected chi connectivity index (χ0v) is 17.4. The predicted molar refractivity (Wildman–Crippen MR) is 114 cm³/mol. The largest absolute Gasteiger partial charge is 0.573 e. The van der Waals surface area contributed by atoms with Gasteiger partial charge in [-0.1, -0.05) is 0 Å². The second kappa shape index (κ2) is 10.2. The maximum Gasteiger partial charge on any atom is 0.573 e. The number of nitrogens with one attached hydrogen (secondary N) is 3. The maximum absolute atomic E-state index is 13.4. The van der Waals surface area contributed by atoms with Gasteiger partial charge in [0.05, 0.1) is 17.6 Å². The Morgan fingerprint density at radius 3 is 2.17 bits per heavy atom. The minimum atomic E-state index is -4.87.